The van der Waals surface area contributed by atoms with Crippen molar-refractivity contribution in [1.29, 1.82) is 0 Å². The lowest BCUT2D eigenvalue weighted by molar-refractivity contribution is -0.117. The van der Waals surface area contributed by atoms with Crippen molar-refractivity contribution >= 4 is 17.6 Å². The van der Waals surface area contributed by atoms with Crippen LogP contribution in [0.4, 0.5) is 5.69 Å². The maximum Gasteiger partial charge on any atom is 0.338 e. The van der Waals surface area contributed by atoms with Crippen LogP contribution in [0.15, 0.2) is 65.5 Å². The molecule has 4 aromatic rings. The molecule has 9 heteroatoms. The summed E-state index contributed by atoms with van der Waals surface area (Å²) in [6, 6.07) is 17.7. The predicted octanol–water partition coefficient (Wildman–Crippen LogP) is 4.78. The molecule has 39 heavy (non-hydrogen) atoms. The second-order valence-corrected chi connectivity index (χ2v) is 9.30. The fourth-order valence-electron chi connectivity index (χ4n) is 4.60. The zero-order valence-electron chi connectivity index (χ0n) is 22.2. The smallest absolute Gasteiger partial charge is 0.338 e. The van der Waals surface area contributed by atoms with Crippen LogP contribution in [-0.4, -0.2) is 35.0 Å². The van der Waals surface area contributed by atoms with Gasteiger partial charge in [-0.15, -0.1) is 0 Å². The first kappa shape index (κ1) is 25.8. The van der Waals surface area contributed by atoms with Crippen molar-refractivity contribution < 1.29 is 23.8 Å². The van der Waals surface area contributed by atoms with Gasteiger partial charge < -0.3 is 19.5 Å². The minimum atomic E-state index is -0.431. The standard InChI is InChI=1S/C30H29N3O6/c1-5-38-30(36)20-10-12-22(13-11-20)31-26(34)17-32-29-24(16-21-7-6-8-25(37-4)27(21)39-29)28(35)33(32)23-14-9-18(2)19(3)15-23/h6-15H,5,16-17H2,1-4H3,(H,31,34). The summed E-state index contributed by atoms with van der Waals surface area (Å²) in [4.78, 5) is 38.9. The van der Waals surface area contributed by atoms with Crippen molar-refractivity contribution in [3.05, 3.63) is 98.8 Å². The minimum Gasteiger partial charge on any atom is -0.493 e. The van der Waals surface area contributed by atoms with Crippen LogP contribution >= 0.6 is 0 Å². The zero-order valence-corrected chi connectivity index (χ0v) is 22.2. The quantitative estimate of drug-likeness (QED) is 0.306. The molecule has 2 heterocycles. The van der Waals surface area contributed by atoms with E-state index in [4.69, 9.17) is 14.2 Å². The Bertz CT molecular complexity index is 1630. The van der Waals surface area contributed by atoms with Gasteiger partial charge in [-0.25, -0.2) is 14.2 Å². The van der Waals surface area contributed by atoms with E-state index in [1.54, 1.807) is 49.0 Å². The molecule has 0 bridgehead atoms. The summed E-state index contributed by atoms with van der Waals surface area (Å²) in [5, 5.41) is 2.84. The van der Waals surface area contributed by atoms with E-state index in [0.717, 1.165) is 16.7 Å². The Morgan fingerprint density at radius 1 is 1.03 bits per heavy atom. The number of nitrogens with one attached hydrogen (secondary N) is 1. The first-order valence-electron chi connectivity index (χ1n) is 12.6. The largest absolute Gasteiger partial charge is 0.493 e. The maximum absolute atomic E-state index is 13.7. The summed E-state index contributed by atoms with van der Waals surface area (Å²) in [5.41, 5.74) is 4.65. The molecule has 5 rings (SSSR count). The molecule has 0 unspecified atom stereocenters. The number of benzene rings is 3. The number of rotatable bonds is 7. The second-order valence-electron chi connectivity index (χ2n) is 9.30. The highest BCUT2D eigenvalue weighted by atomic mass is 16.5. The van der Waals surface area contributed by atoms with Crippen LogP contribution in [0.25, 0.3) is 5.69 Å². The van der Waals surface area contributed by atoms with Crippen LogP contribution in [-0.2, 0) is 22.5 Å². The molecule has 1 aliphatic heterocycles. The highest BCUT2D eigenvalue weighted by molar-refractivity contribution is 5.93. The number of ether oxygens (including phenoxy) is 3. The van der Waals surface area contributed by atoms with Crippen LogP contribution in [0.2, 0.25) is 0 Å². The lowest BCUT2D eigenvalue weighted by Crippen LogP contribution is -2.27. The Kier molecular flexibility index (Phi) is 6.98. The lowest BCUT2D eigenvalue weighted by atomic mass is 10.0. The third kappa shape index (κ3) is 4.90. The molecule has 0 saturated heterocycles. The fourth-order valence-corrected chi connectivity index (χ4v) is 4.60. The van der Waals surface area contributed by atoms with Gasteiger partial charge in [0.25, 0.3) is 5.56 Å². The van der Waals surface area contributed by atoms with Crippen LogP contribution in [0.1, 0.15) is 39.5 Å². The molecular formula is C30H29N3O6. The summed E-state index contributed by atoms with van der Waals surface area (Å²) in [6.45, 7) is 5.79. The number of aryl methyl sites for hydroxylation is 2. The van der Waals surface area contributed by atoms with E-state index in [2.05, 4.69) is 5.32 Å². The van der Waals surface area contributed by atoms with E-state index in [1.807, 2.05) is 44.2 Å². The lowest BCUT2D eigenvalue weighted by Gasteiger charge is -2.21. The van der Waals surface area contributed by atoms with Gasteiger partial charge in [0.15, 0.2) is 11.5 Å². The number of carbonyl (C=O) groups is 2. The van der Waals surface area contributed by atoms with Crippen molar-refractivity contribution in [3.8, 4) is 23.1 Å². The molecular weight excluding hydrogens is 498 g/mol. The van der Waals surface area contributed by atoms with Crippen molar-refractivity contribution in [2.75, 3.05) is 19.0 Å². The molecule has 3 aromatic carbocycles. The number of fused-ring (bicyclic) bond motifs is 2. The number of carbonyl (C=O) groups excluding carboxylic acids is 2. The van der Waals surface area contributed by atoms with Gasteiger partial charge in [-0.3, -0.25) is 9.59 Å². The average Bonchev–Trinajstić information content (AvgIpc) is 3.19. The van der Waals surface area contributed by atoms with Gasteiger partial charge in [-0.05, 0) is 74.4 Å². The maximum atomic E-state index is 13.7. The third-order valence-corrected chi connectivity index (χ3v) is 6.74. The van der Waals surface area contributed by atoms with E-state index in [1.165, 1.54) is 4.68 Å². The van der Waals surface area contributed by atoms with Crippen molar-refractivity contribution in [1.82, 2.24) is 9.36 Å². The number of aromatic nitrogens is 2. The SMILES string of the molecule is CCOC(=O)c1ccc(NC(=O)Cn2c3c(c(=O)n2-c2ccc(C)c(C)c2)Cc2cccc(OC)c2O3)cc1. The molecule has 0 radical (unpaired) electrons. The Hall–Kier alpha value is -4.79. The predicted molar refractivity (Wildman–Crippen MR) is 146 cm³/mol. The highest BCUT2D eigenvalue weighted by Crippen LogP contribution is 2.41. The second kappa shape index (κ2) is 10.5. The van der Waals surface area contributed by atoms with E-state index in [-0.39, 0.29) is 24.6 Å². The molecule has 9 nitrogen and oxygen atoms in total. The van der Waals surface area contributed by atoms with Gasteiger partial charge in [0.05, 0.1) is 30.5 Å². The number of hydrogen-bond acceptors (Lipinski definition) is 6. The molecule has 1 aliphatic rings. The number of amides is 1. The average molecular weight is 528 g/mol. The van der Waals surface area contributed by atoms with Crippen molar-refractivity contribution in [2.45, 2.75) is 33.7 Å². The monoisotopic (exact) mass is 527 g/mol. The van der Waals surface area contributed by atoms with Crippen LogP contribution < -0.4 is 20.3 Å². The Morgan fingerprint density at radius 3 is 2.49 bits per heavy atom. The first-order chi connectivity index (χ1) is 18.8. The van der Waals surface area contributed by atoms with Gasteiger partial charge >= 0.3 is 5.97 Å². The van der Waals surface area contributed by atoms with E-state index in [0.29, 0.717) is 46.3 Å². The van der Waals surface area contributed by atoms with Gasteiger partial charge in [-0.1, -0.05) is 18.2 Å². The fraction of sp³-hybridized carbons (Fsp3) is 0.233. The number of methoxy groups -OCH3 is 1. The molecule has 1 amide bonds. The van der Waals surface area contributed by atoms with E-state index in [9.17, 15) is 14.4 Å². The van der Waals surface area contributed by atoms with Gasteiger partial charge in [0.2, 0.25) is 11.8 Å². The normalized spacial score (nSPS) is 11.7. The summed E-state index contributed by atoms with van der Waals surface area (Å²) < 4.78 is 19.8. The minimum absolute atomic E-state index is 0.193. The Morgan fingerprint density at radius 2 is 1.79 bits per heavy atom. The Labute approximate surface area is 225 Å². The molecule has 0 fully saturated rings. The Balaban J connectivity index is 1.52. The topological polar surface area (TPSA) is 101 Å². The molecule has 1 aromatic heterocycles. The van der Waals surface area contributed by atoms with Crippen LogP contribution in [0, 0.1) is 13.8 Å². The summed E-state index contributed by atoms with van der Waals surface area (Å²) in [7, 11) is 1.56. The van der Waals surface area contributed by atoms with Crippen LogP contribution in [0.5, 0.6) is 17.4 Å². The summed E-state index contributed by atoms with van der Waals surface area (Å²) >= 11 is 0. The molecule has 0 aliphatic carbocycles. The van der Waals surface area contributed by atoms with E-state index >= 15 is 0 Å². The van der Waals surface area contributed by atoms with Gasteiger partial charge in [0, 0.05) is 17.7 Å². The summed E-state index contributed by atoms with van der Waals surface area (Å²) in [5.74, 6) is 0.557. The van der Waals surface area contributed by atoms with Crippen LogP contribution in [0.3, 0.4) is 0 Å². The van der Waals surface area contributed by atoms with Crippen molar-refractivity contribution in [3.63, 3.8) is 0 Å². The molecule has 200 valence electrons. The first-order valence-corrected chi connectivity index (χ1v) is 12.6. The molecule has 0 spiro atoms. The van der Waals surface area contributed by atoms with E-state index < -0.39 is 5.97 Å². The number of anilines is 1. The summed E-state index contributed by atoms with van der Waals surface area (Å²) in [6.07, 6.45) is 0.343. The highest BCUT2D eigenvalue weighted by Gasteiger charge is 2.31. The number of nitrogens with zero attached hydrogens (tertiary/aromatic N) is 2. The number of hydrogen-bond donors (Lipinski definition) is 1. The van der Waals surface area contributed by atoms with Crippen molar-refractivity contribution in [2.24, 2.45) is 0 Å². The van der Waals surface area contributed by atoms with Gasteiger partial charge in [-0.2, -0.15) is 0 Å². The molecule has 1 N–H and O–H groups in total. The molecule has 0 saturated carbocycles. The number of para-hydroxylation sites is 1. The number of esters is 1. The zero-order chi connectivity index (χ0) is 27.7. The molecule has 0 atom stereocenters. The van der Waals surface area contributed by atoms with Gasteiger partial charge in [0.1, 0.15) is 6.54 Å². The third-order valence-electron chi connectivity index (χ3n) is 6.74.